The predicted molar refractivity (Wildman–Crippen MR) is 105 cm³/mol. The van der Waals surface area contributed by atoms with Gasteiger partial charge in [-0.05, 0) is 65.0 Å². The van der Waals surface area contributed by atoms with Gasteiger partial charge in [0.25, 0.3) is 0 Å². The van der Waals surface area contributed by atoms with E-state index < -0.39 is 5.41 Å². The maximum atomic E-state index is 10.1. The van der Waals surface area contributed by atoms with Crippen LogP contribution in [-0.2, 0) is 11.8 Å². The van der Waals surface area contributed by atoms with Crippen molar-refractivity contribution in [3.63, 3.8) is 0 Å². The first kappa shape index (κ1) is 19.9. The molecule has 146 valence electrons. The van der Waals surface area contributed by atoms with E-state index in [2.05, 4.69) is 45.9 Å². The zero-order valence-corrected chi connectivity index (χ0v) is 16.9. The van der Waals surface area contributed by atoms with Crippen LogP contribution in [0.1, 0.15) is 76.0 Å². The summed E-state index contributed by atoms with van der Waals surface area (Å²) in [4.78, 5) is 0. The first-order chi connectivity index (χ1) is 12.3. The molecular weight excluding hydrogens is 324 g/mol. The Balaban J connectivity index is 2.08. The molecule has 26 heavy (non-hydrogen) atoms. The molecule has 0 spiro atoms. The maximum absolute atomic E-state index is 10.1. The summed E-state index contributed by atoms with van der Waals surface area (Å²) < 4.78 is 0. The lowest BCUT2D eigenvalue weighted by Gasteiger charge is -2.61. The van der Waals surface area contributed by atoms with Gasteiger partial charge in [0.05, 0.1) is 19.8 Å². The molecular formula is C23H36O3. The van der Waals surface area contributed by atoms with Gasteiger partial charge in [0.1, 0.15) is 0 Å². The van der Waals surface area contributed by atoms with E-state index in [1.165, 1.54) is 16.7 Å². The molecule has 2 aliphatic carbocycles. The standard InChI is InChI=1S/C23H36O3/c1-16(2)17-6-8-19-18(12-17)7-9-20-21(19,3)10-5-11-22(20,4)23(13-24,14-25)15-26/h6,8,12,16,20,24-26H,5,7,9-11,13-15H2,1-4H3/t20-,21-,22+/m1/s1. The highest BCUT2D eigenvalue weighted by molar-refractivity contribution is 5.42. The van der Waals surface area contributed by atoms with Gasteiger partial charge in [-0.15, -0.1) is 0 Å². The van der Waals surface area contributed by atoms with E-state index in [4.69, 9.17) is 0 Å². The molecule has 0 aromatic heterocycles. The van der Waals surface area contributed by atoms with Crippen LogP contribution >= 0.6 is 0 Å². The highest BCUT2D eigenvalue weighted by atomic mass is 16.3. The molecule has 2 aliphatic rings. The molecule has 0 aliphatic heterocycles. The molecule has 1 fully saturated rings. The number of aliphatic hydroxyl groups is 3. The Morgan fingerprint density at radius 3 is 2.31 bits per heavy atom. The fraction of sp³-hybridized carbons (Fsp3) is 0.739. The molecule has 1 saturated carbocycles. The summed E-state index contributed by atoms with van der Waals surface area (Å²) in [7, 11) is 0. The van der Waals surface area contributed by atoms with Crippen molar-refractivity contribution in [3.05, 3.63) is 34.9 Å². The molecule has 0 heterocycles. The second-order valence-corrected chi connectivity index (χ2v) is 9.61. The first-order valence-corrected chi connectivity index (χ1v) is 10.2. The van der Waals surface area contributed by atoms with Gasteiger partial charge in [-0.25, -0.2) is 0 Å². The highest BCUT2D eigenvalue weighted by Gasteiger charge is 2.59. The molecule has 0 radical (unpaired) electrons. The van der Waals surface area contributed by atoms with Gasteiger partial charge in [0.2, 0.25) is 0 Å². The molecule has 0 amide bonds. The summed E-state index contributed by atoms with van der Waals surface area (Å²) in [6, 6.07) is 7.01. The largest absolute Gasteiger partial charge is 0.396 e. The normalized spacial score (nSPS) is 31.6. The van der Waals surface area contributed by atoms with Crippen molar-refractivity contribution in [2.75, 3.05) is 19.8 Å². The molecule has 1 aromatic carbocycles. The van der Waals surface area contributed by atoms with E-state index in [0.717, 1.165) is 32.1 Å². The van der Waals surface area contributed by atoms with Crippen molar-refractivity contribution < 1.29 is 15.3 Å². The second kappa shape index (κ2) is 6.92. The molecule has 0 saturated heterocycles. The van der Waals surface area contributed by atoms with E-state index in [-0.39, 0.29) is 30.7 Å². The molecule has 3 nitrogen and oxygen atoms in total. The van der Waals surface area contributed by atoms with Crippen LogP contribution < -0.4 is 0 Å². The number of hydrogen-bond donors (Lipinski definition) is 3. The lowest BCUT2D eigenvalue weighted by atomic mass is 9.43. The Kier molecular flexibility index (Phi) is 5.29. The van der Waals surface area contributed by atoms with E-state index in [1.807, 2.05) is 0 Å². The van der Waals surface area contributed by atoms with Gasteiger partial charge in [-0.1, -0.05) is 52.3 Å². The van der Waals surface area contributed by atoms with Gasteiger partial charge in [0, 0.05) is 5.41 Å². The summed E-state index contributed by atoms with van der Waals surface area (Å²) in [5.41, 5.74) is 3.27. The van der Waals surface area contributed by atoms with Gasteiger partial charge in [0.15, 0.2) is 0 Å². The van der Waals surface area contributed by atoms with E-state index in [1.54, 1.807) is 0 Å². The minimum Gasteiger partial charge on any atom is -0.396 e. The number of rotatable bonds is 5. The Hall–Kier alpha value is -0.900. The van der Waals surface area contributed by atoms with Crippen LogP contribution in [0.15, 0.2) is 18.2 Å². The minimum absolute atomic E-state index is 0.0425. The van der Waals surface area contributed by atoms with E-state index >= 15 is 0 Å². The average molecular weight is 361 g/mol. The van der Waals surface area contributed by atoms with Crippen LogP contribution in [0.5, 0.6) is 0 Å². The molecule has 3 atom stereocenters. The smallest absolute Gasteiger partial charge is 0.0536 e. The van der Waals surface area contributed by atoms with Crippen molar-refractivity contribution in [3.8, 4) is 0 Å². The van der Waals surface area contributed by atoms with Crippen molar-refractivity contribution in [1.29, 1.82) is 0 Å². The zero-order valence-electron chi connectivity index (χ0n) is 16.9. The maximum Gasteiger partial charge on any atom is 0.0536 e. The number of aryl methyl sites for hydroxylation is 1. The Labute approximate surface area is 158 Å². The number of fused-ring (bicyclic) bond motifs is 3. The highest BCUT2D eigenvalue weighted by Crippen LogP contribution is 2.62. The van der Waals surface area contributed by atoms with E-state index in [0.29, 0.717) is 11.8 Å². The SMILES string of the molecule is CC(C)c1ccc2c(c1)CC[C@H]1[C@@](C)(C(CO)(CO)CO)CCC[C@]21C. The predicted octanol–water partition coefficient (Wildman–Crippen LogP) is 3.78. The summed E-state index contributed by atoms with van der Waals surface area (Å²) in [6.45, 7) is 8.56. The quantitative estimate of drug-likeness (QED) is 0.749. The monoisotopic (exact) mass is 360 g/mol. The molecule has 3 rings (SSSR count). The fourth-order valence-corrected chi connectivity index (χ4v) is 6.20. The minimum atomic E-state index is -0.825. The third-order valence-corrected chi connectivity index (χ3v) is 8.16. The van der Waals surface area contributed by atoms with Crippen molar-refractivity contribution in [1.82, 2.24) is 0 Å². The third-order valence-electron chi connectivity index (χ3n) is 8.16. The summed E-state index contributed by atoms with van der Waals surface area (Å²) in [6.07, 6.45) is 5.26. The molecule has 3 N–H and O–H groups in total. The zero-order chi connectivity index (χ0) is 19.2. The van der Waals surface area contributed by atoms with Gasteiger partial charge >= 0.3 is 0 Å². The van der Waals surface area contributed by atoms with Crippen LogP contribution in [0, 0.1) is 16.7 Å². The van der Waals surface area contributed by atoms with E-state index in [9.17, 15) is 15.3 Å². The van der Waals surface area contributed by atoms with Gasteiger partial charge in [-0.2, -0.15) is 0 Å². The lowest BCUT2D eigenvalue weighted by Crippen LogP contribution is -2.60. The summed E-state index contributed by atoms with van der Waals surface area (Å²) >= 11 is 0. The van der Waals surface area contributed by atoms with Crippen LogP contribution in [0.3, 0.4) is 0 Å². The van der Waals surface area contributed by atoms with Crippen LogP contribution in [0.2, 0.25) is 0 Å². The van der Waals surface area contributed by atoms with Gasteiger partial charge < -0.3 is 15.3 Å². The summed E-state index contributed by atoms with van der Waals surface area (Å²) in [5.74, 6) is 0.890. The topological polar surface area (TPSA) is 60.7 Å². The van der Waals surface area contributed by atoms with Crippen molar-refractivity contribution in [2.45, 2.75) is 71.1 Å². The first-order valence-electron chi connectivity index (χ1n) is 10.2. The van der Waals surface area contributed by atoms with Gasteiger partial charge in [-0.3, -0.25) is 0 Å². The van der Waals surface area contributed by atoms with Crippen LogP contribution in [0.25, 0.3) is 0 Å². The molecule has 0 unspecified atom stereocenters. The Morgan fingerprint density at radius 1 is 1.08 bits per heavy atom. The third kappa shape index (κ3) is 2.66. The number of benzene rings is 1. The number of aliphatic hydroxyl groups excluding tert-OH is 3. The van der Waals surface area contributed by atoms with Crippen molar-refractivity contribution in [2.24, 2.45) is 16.7 Å². The van der Waals surface area contributed by atoms with Crippen molar-refractivity contribution >= 4 is 0 Å². The fourth-order valence-electron chi connectivity index (χ4n) is 6.20. The Bertz CT molecular complexity index is 641. The van der Waals surface area contributed by atoms with Crippen LogP contribution in [-0.4, -0.2) is 35.1 Å². The second-order valence-electron chi connectivity index (χ2n) is 9.61. The molecule has 1 aromatic rings. The summed E-state index contributed by atoms with van der Waals surface area (Å²) in [5, 5.41) is 30.4. The number of hydrogen-bond acceptors (Lipinski definition) is 3. The molecule has 0 bridgehead atoms. The average Bonchev–Trinajstić information content (AvgIpc) is 2.63. The lowest BCUT2D eigenvalue weighted by molar-refractivity contribution is -0.149. The molecule has 3 heteroatoms. The Morgan fingerprint density at radius 2 is 1.73 bits per heavy atom. The van der Waals surface area contributed by atoms with Crippen LogP contribution in [0.4, 0.5) is 0 Å².